The lowest BCUT2D eigenvalue weighted by molar-refractivity contribution is -0.315. The van der Waals surface area contributed by atoms with Crippen LogP contribution in [0.15, 0.2) is 0 Å². The Balaban J connectivity index is 1.82. The molecule has 3 rings (SSSR count). The number of rotatable bonds is 9. The van der Waals surface area contributed by atoms with Gasteiger partial charge in [-0.2, -0.15) is 0 Å². The van der Waals surface area contributed by atoms with Crippen molar-refractivity contribution in [3.63, 3.8) is 0 Å². The maximum atomic E-state index is 11.2. The largest absolute Gasteiger partial charge is 0.391 e. The van der Waals surface area contributed by atoms with Crippen LogP contribution in [0, 0.1) is 0 Å². The van der Waals surface area contributed by atoms with E-state index in [1.165, 1.54) is 6.92 Å². The van der Waals surface area contributed by atoms with E-state index in [9.17, 15) is 30.6 Å². The summed E-state index contributed by atoms with van der Waals surface area (Å²) in [5.41, 5.74) is 18.0. The monoisotopic (exact) mass is 510 g/mol. The first-order chi connectivity index (χ1) is 16.5. The van der Waals surface area contributed by atoms with E-state index in [1.807, 2.05) is 6.92 Å². The highest BCUT2D eigenvalue weighted by molar-refractivity contribution is 5.02. The summed E-state index contributed by atoms with van der Waals surface area (Å²) in [6.07, 6.45) is -13.7. The van der Waals surface area contributed by atoms with E-state index >= 15 is 0 Å². The van der Waals surface area contributed by atoms with E-state index < -0.39 is 91.7 Å². The third-order valence-electron chi connectivity index (χ3n) is 6.97. The Bertz CT molecular complexity index is 666. The fourth-order valence-corrected chi connectivity index (χ4v) is 4.87. The van der Waals surface area contributed by atoms with Crippen LogP contribution in [0.25, 0.3) is 0 Å². The normalized spacial score (nSPS) is 49.8. The predicted molar refractivity (Wildman–Crippen MR) is 120 cm³/mol. The number of nitrogens with two attached hydrogens (primary N) is 3. The standard InChI is InChI=1S/C21H42N4O10/c1-3-4-25-9-5-8(23)18(34-20-11(24)14(29)15(30)17(33-20)7(2)26)19(12(9)27)35-21-16(31)13(28)10(6-22)32-21/h7-21,25-31H,3-6,22-24H2,1-2H3/t7-,8?,9-,10-,11?,12?,13?,14?,15+,16?,17?,18-,19?,20-,21+/m1/s1. The van der Waals surface area contributed by atoms with Crippen molar-refractivity contribution in [2.75, 3.05) is 13.1 Å². The maximum Gasteiger partial charge on any atom is 0.187 e. The number of nitrogens with one attached hydrogen (secondary N) is 1. The van der Waals surface area contributed by atoms with Gasteiger partial charge in [0.15, 0.2) is 12.6 Å². The molecule has 3 fully saturated rings. The molecule has 0 amide bonds. The van der Waals surface area contributed by atoms with Crippen molar-refractivity contribution in [2.24, 2.45) is 17.2 Å². The lowest BCUT2D eigenvalue weighted by atomic mass is 9.83. The van der Waals surface area contributed by atoms with Gasteiger partial charge in [-0.15, -0.1) is 0 Å². The molecule has 2 aliphatic heterocycles. The minimum Gasteiger partial charge on any atom is -0.391 e. The van der Waals surface area contributed by atoms with Gasteiger partial charge in [-0.25, -0.2) is 0 Å². The summed E-state index contributed by atoms with van der Waals surface area (Å²) >= 11 is 0. The predicted octanol–water partition coefficient (Wildman–Crippen LogP) is -5.22. The van der Waals surface area contributed by atoms with Crippen LogP contribution in [0.4, 0.5) is 0 Å². The van der Waals surface area contributed by atoms with Crippen LogP contribution in [0.2, 0.25) is 0 Å². The fourth-order valence-electron chi connectivity index (χ4n) is 4.87. The van der Waals surface area contributed by atoms with Crippen molar-refractivity contribution < 1.29 is 49.6 Å². The smallest absolute Gasteiger partial charge is 0.187 e. The van der Waals surface area contributed by atoms with Gasteiger partial charge in [0.1, 0.15) is 48.8 Å². The van der Waals surface area contributed by atoms with Gasteiger partial charge in [0.2, 0.25) is 0 Å². The average molecular weight is 511 g/mol. The summed E-state index contributed by atoms with van der Waals surface area (Å²) in [5, 5.41) is 65.5. The molecule has 14 heteroatoms. The lowest BCUT2D eigenvalue weighted by Crippen LogP contribution is -2.68. The van der Waals surface area contributed by atoms with Crippen molar-refractivity contribution in [3.8, 4) is 0 Å². The van der Waals surface area contributed by atoms with Gasteiger partial charge in [-0.3, -0.25) is 0 Å². The number of aliphatic hydroxyl groups is 6. The second kappa shape index (κ2) is 12.3. The van der Waals surface area contributed by atoms with Crippen molar-refractivity contribution in [1.29, 1.82) is 0 Å². The minimum atomic E-state index is -1.46. The first-order valence-electron chi connectivity index (χ1n) is 12.2. The van der Waals surface area contributed by atoms with Crippen LogP contribution >= 0.6 is 0 Å². The Morgan fingerprint density at radius 1 is 0.914 bits per heavy atom. The molecule has 2 heterocycles. The molecular weight excluding hydrogens is 468 g/mol. The molecule has 1 aliphatic carbocycles. The first kappa shape index (κ1) is 29.0. The average Bonchev–Trinajstić information content (AvgIpc) is 3.09. The maximum absolute atomic E-state index is 11.2. The molecule has 35 heavy (non-hydrogen) atoms. The molecule has 206 valence electrons. The fraction of sp³-hybridized carbons (Fsp3) is 1.00. The second-order valence-electron chi connectivity index (χ2n) is 9.68. The van der Waals surface area contributed by atoms with Crippen LogP contribution < -0.4 is 22.5 Å². The number of hydrogen-bond acceptors (Lipinski definition) is 14. The summed E-state index contributed by atoms with van der Waals surface area (Å²) in [6.45, 7) is 3.91. The van der Waals surface area contributed by atoms with Gasteiger partial charge < -0.3 is 72.1 Å². The molecule has 0 aromatic carbocycles. The van der Waals surface area contributed by atoms with Crippen LogP contribution in [0.3, 0.4) is 0 Å². The summed E-state index contributed by atoms with van der Waals surface area (Å²) in [7, 11) is 0. The highest BCUT2D eigenvalue weighted by Crippen LogP contribution is 2.32. The second-order valence-corrected chi connectivity index (χ2v) is 9.68. The van der Waals surface area contributed by atoms with Crippen LogP contribution in [0.1, 0.15) is 26.7 Å². The topological polar surface area (TPSA) is 248 Å². The van der Waals surface area contributed by atoms with E-state index in [0.29, 0.717) is 13.0 Å². The van der Waals surface area contributed by atoms with Crippen LogP contribution in [0.5, 0.6) is 0 Å². The zero-order valence-corrected chi connectivity index (χ0v) is 20.0. The number of hydrogen-bond donors (Lipinski definition) is 10. The van der Waals surface area contributed by atoms with Gasteiger partial charge in [-0.05, 0) is 26.3 Å². The number of aliphatic hydroxyl groups excluding tert-OH is 6. The summed E-state index contributed by atoms with van der Waals surface area (Å²) < 4.78 is 23.2. The SMILES string of the molecule is CCCN[C@@H]1CC(N)[C@@H](O[C@H]2OC([C@@H](C)O)[C@@H](O)C(O)C2N)C(O[C@@H]2O[C@H](CN)C(O)C2O)C1O. The zero-order chi connectivity index (χ0) is 26.0. The molecule has 0 aromatic rings. The Morgan fingerprint density at radius 3 is 2.14 bits per heavy atom. The van der Waals surface area contributed by atoms with Crippen molar-refractivity contribution in [2.45, 2.75) is 118 Å². The highest BCUT2D eigenvalue weighted by Gasteiger charge is 2.52. The van der Waals surface area contributed by atoms with Gasteiger partial charge in [-0.1, -0.05) is 6.92 Å². The molecular formula is C21H42N4O10. The van der Waals surface area contributed by atoms with Crippen molar-refractivity contribution >= 4 is 0 Å². The van der Waals surface area contributed by atoms with Crippen LogP contribution in [-0.4, -0.2) is 135 Å². The zero-order valence-electron chi connectivity index (χ0n) is 20.0. The third-order valence-corrected chi connectivity index (χ3v) is 6.97. The molecule has 1 saturated carbocycles. The molecule has 0 radical (unpaired) electrons. The van der Waals surface area contributed by atoms with E-state index in [2.05, 4.69) is 5.32 Å². The molecule has 3 aliphatic rings. The van der Waals surface area contributed by atoms with Gasteiger partial charge >= 0.3 is 0 Å². The van der Waals surface area contributed by atoms with Crippen molar-refractivity contribution in [1.82, 2.24) is 5.32 Å². The van der Waals surface area contributed by atoms with Gasteiger partial charge in [0.25, 0.3) is 0 Å². The minimum absolute atomic E-state index is 0.0584. The molecule has 15 atom stereocenters. The summed E-state index contributed by atoms with van der Waals surface area (Å²) in [6, 6.07) is -2.38. The molecule has 0 bridgehead atoms. The third kappa shape index (κ3) is 6.13. The number of ether oxygens (including phenoxy) is 4. The Hall–Kier alpha value is -0.560. The van der Waals surface area contributed by atoms with E-state index in [1.54, 1.807) is 0 Å². The molecule has 0 aromatic heterocycles. The summed E-state index contributed by atoms with van der Waals surface area (Å²) in [5.74, 6) is 0. The van der Waals surface area contributed by atoms with Gasteiger partial charge in [0, 0.05) is 18.6 Å². The molecule has 8 unspecified atom stereocenters. The van der Waals surface area contributed by atoms with Gasteiger partial charge in [0.05, 0.1) is 18.2 Å². The Labute approximate surface area is 204 Å². The first-order valence-corrected chi connectivity index (χ1v) is 12.2. The van der Waals surface area contributed by atoms with E-state index in [-0.39, 0.29) is 6.54 Å². The van der Waals surface area contributed by atoms with E-state index in [4.69, 9.17) is 36.1 Å². The quantitative estimate of drug-likeness (QED) is 0.139. The molecule has 0 spiro atoms. The lowest BCUT2D eigenvalue weighted by Gasteiger charge is -2.48. The highest BCUT2D eigenvalue weighted by atomic mass is 16.7. The Kier molecular flexibility index (Phi) is 10.2. The molecule has 13 N–H and O–H groups in total. The molecule has 2 saturated heterocycles. The summed E-state index contributed by atoms with van der Waals surface area (Å²) in [4.78, 5) is 0. The van der Waals surface area contributed by atoms with Crippen LogP contribution in [-0.2, 0) is 18.9 Å². The van der Waals surface area contributed by atoms with E-state index in [0.717, 1.165) is 6.42 Å². The molecule has 14 nitrogen and oxygen atoms in total. The van der Waals surface area contributed by atoms with Crippen molar-refractivity contribution in [3.05, 3.63) is 0 Å². The Morgan fingerprint density at radius 2 is 1.57 bits per heavy atom.